The van der Waals surface area contributed by atoms with E-state index in [1.807, 2.05) is 0 Å². The van der Waals surface area contributed by atoms with Crippen molar-refractivity contribution in [1.29, 1.82) is 0 Å². The molecule has 3 atom stereocenters. The van der Waals surface area contributed by atoms with E-state index in [0.29, 0.717) is 12.0 Å². The first-order chi connectivity index (χ1) is 9.81. The fourth-order valence-electron chi connectivity index (χ4n) is 3.42. The molecule has 1 heterocycles. The molecule has 0 aromatic heterocycles. The lowest BCUT2D eigenvalue weighted by Crippen LogP contribution is -2.40. The molecule has 3 heteroatoms. The normalized spacial score (nSPS) is 29.5. The molecule has 1 saturated heterocycles. The average Bonchev–Trinajstić information content (AvgIpc) is 3.11. The van der Waals surface area contributed by atoms with Crippen LogP contribution in [0.2, 0.25) is 0 Å². The summed E-state index contributed by atoms with van der Waals surface area (Å²) in [4.78, 5) is 12.0. The van der Waals surface area contributed by atoms with Gasteiger partial charge in [0.25, 0.3) is 0 Å². The summed E-state index contributed by atoms with van der Waals surface area (Å²) in [6.45, 7) is 0.736. The van der Waals surface area contributed by atoms with Crippen molar-refractivity contribution in [2.75, 3.05) is 6.61 Å². The van der Waals surface area contributed by atoms with Gasteiger partial charge in [-0.25, -0.2) is 0 Å². The minimum atomic E-state index is -0.192. The third-order valence-corrected chi connectivity index (χ3v) is 4.48. The van der Waals surface area contributed by atoms with Crippen LogP contribution in [0.5, 0.6) is 0 Å². The van der Waals surface area contributed by atoms with E-state index >= 15 is 0 Å². The summed E-state index contributed by atoms with van der Waals surface area (Å²) >= 11 is 0. The molecule has 1 aliphatic carbocycles. The van der Waals surface area contributed by atoms with E-state index in [9.17, 15) is 4.79 Å². The Bertz CT molecular complexity index is 440. The molecule has 1 aliphatic heterocycles. The number of nitrogens with one attached hydrogen (secondary N) is 1. The van der Waals surface area contributed by atoms with Crippen molar-refractivity contribution < 1.29 is 9.53 Å². The van der Waals surface area contributed by atoms with E-state index in [2.05, 4.69) is 35.6 Å². The maximum absolute atomic E-state index is 12.0. The Morgan fingerprint density at radius 3 is 2.80 bits per heavy atom. The van der Waals surface area contributed by atoms with Gasteiger partial charge in [-0.05, 0) is 50.0 Å². The monoisotopic (exact) mass is 273 g/mol. The molecule has 0 radical (unpaired) electrons. The first-order valence-electron chi connectivity index (χ1n) is 7.77. The van der Waals surface area contributed by atoms with E-state index in [-0.39, 0.29) is 12.0 Å². The van der Waals surface area contributed by atoms with Gasteiger partial charge in [0.15, 0.2) is 0 Å². The molecule has 108 valence electrons. The maximum Gasteiger partial charge on any atom is 0.249 e. The van der Waals surface area contributed by atoms with Crippen molar-refractivity contribution in [3.63, 3.8) is 0 Å². The standard InChI is InChI=1S/C17H23NO2/c19-17(16-7-4-10-20-16)18-15-9-8-14(12-15)11-13-5-2-1-3-6-13/h1-3,5-6,14-16H,4,7-12H2,(H,18,19)/t14-,15+,16-/m0/s1. The Kier molecular flexibility index (Phi) is 4.36. The Labute approximate surface area is 120 Å². The number of hydrogen-bond acceptors (Lipinski definition) is 2. The van der Waals surface area contributed by atoms with Crippen LogP contribution in [0.15, 0.2) is 30.3 Å². The van der Waals surface area contributed by atoms with E-state index in [0.717, 1.165) is 38.7 Å². The van der Waals surface area contributed by atoms with Crippen molar-refractivity contribution in [2.24, 2.45) is 5.92 Å². The van der Waals surface area contributed by atoms with E-state index < -0.39 is 0 Å². The second-order valence-corrected chi connectivity index (χ2v) is 6.08. The molecule has 1 amide bonds. The number of benzene rings is 1. The lowest BCUT2D eigenvalue weighted by molar-refractivity contribution is -0.130. The van der Waals surface area contributed by atoms with Crippen LogP contribution >= 0.6 is 0 Å². The van der Waals surface area contributed by atoms with Crippen LogP contribution in [0, 0.1) is 5.92 Å². The summed E-state index contributed by atoms with van der Waals surface area (Å²) in [5.74, 6) is 0.806. The molecule has 0 bridgehead atoms. The topological polar surface area (TPSA) is 38.3 Å². The second-order valence-electron chi connectivity index (χ2n) is 6.08. The number of carbonyl (C=O) groups is 1. The molecular formula is C17H23NO2. The highest BCUT2D eigenvalue weighted by molar-refractivity contribution is 5.81. The number of rotatable bonds is 4. The zero-order chi connectivity index (χ0) is 13.8. The molecule has 3 nitrogen and oxygen atoms in total. The molecule has 0 unspecified atom stereocenters. The SMILES string of the molecule is O=C(N[C@@H]1CC[C@@H](Cc2ccccc2)C1)[C@@H]1CCCO1. The van der Waals surface area contributed by atoms with Gasteiger partial charge in [0, 0.05) is 12.6 Å². The van der Waals surface area contributed by atoms with Crippen LogP contribution in [0.4, 0.5) is 0 Å². The first kappa shape index (κ1) is 13.6. The van der Waals surface area contributed by atoms with Crippen LogP contribution in [0.3, 0.4) is 0 Å². The Hall–Kier alpha value is -1.35. The maximum atomic E-state index is 12.0. The van der Waals surface area contributed by atoms with Crippen molar-refractivity contribution in [1.82, 2.24) is 5.32 Å². The number of hydrogen-bond donors (Lipinski definition) is 1. The van der Waals surface area contributed by atoms with Gasteiger partial charge in [-0.2, -0.15) is 0 Å². The van der Waals surface area contributed by atoms with Crippen LogP contribution in [-0.4, -0.2) is 24.7 Å². The molecule has 3 rings (SSSR count). The summed E-state index contributed by atoms with van der Waals surface area (Å²) in [7, 11) is 0. The third kappa shape index (κ3) is 3.40. The largest absolute Gasteiger partial charge is 0.368 e. The highest BCUT2D eigenvalue weighted by Gasteiger charge is 2.29. The van der Waals surface area contributed by atoms with Gasteiger partial charge in [0.1, 0.15) is 6.10 Å². The number of ether oxygens (including phenoxy) is 1. The van der Waals surface area contributed by atoms with Crippen LogP contribution in [0.25, 0.3) is 0 Å². The zero-order valence-electron chi connectivity index (χ0n) is 11.9. The average molecular weight is 273 g/mol. The van der Waals surface area contributed by atoms with Crippen LogP contribution in [-0.2, 0) is 16.0 Å². The first-order valence-corrected chi connectivity index (χ1v) is 7.77. The van der Waals surface area contributed by atoms with Gasteiger partial charge in [-0.3, -0.25) is 4.79 Å². The van der Waals surface area contributed by atoms with E-state index in [1.54, 1.807) is 0 Å². The summed E-state index contributed by atoms with van der Waals surface area (Å²) in [6, 6.07) is 11.0. The highest BCUT2D eigenvalue weighted by atomic mass is 16.5. The van der Waals surface area contributed by atoms with Crippen molar-refractivity contribution in [3.05, 3.63) is 35.9 Å². The molecule has 1 aromatic rings. The number of amides is 1. The van der Waals surface area contributed by atoms with Gasteiger partial charge in [0.2, 0.25) is 5.91 Å². The zero-order valence-corrected chi connectivity index (χ0v) is 11.9. The Morgan fingerprint density at radius 1 is 1.20 bits per heavy atom. The molecule has 2 fully saturated rings. The van der Waals surface area contributed by atoms with Gasteiger partial charge >= 0.3 is 0 Å². The third-order valence-electron chi connectivity index (χ3n) is 4.48. The predicted molar refractivity (Wildman–Crippen MR) is 78.4 cm³/mol. The smallest absolute Gasteiger partial charge is 0.249 e. The molecule has 1 N–H and O–H groups in total. The lowest BCUT2D eigenvalue weighted by atomic mass is 9.98. The molecule has 1 saturated carbocycles. The van der Waals surface area contributed by atoms with Crippen molar-refractivity contribution >= 4 is 5.91 Å². The summed E-state index contributed by atoms with van der Waals surface area (Å²) in [5, 5.41) is 3.17. The van der Waals surface area contributed by atoms with E-state index in [4.69, 9.17) is 4.74 Å². The fourth-order valence-corrected chi connectivity index (χ4v) is 3.42. The van der Waals surface area contributed by atoms with Gasteiger partial charge in [-0.1, -0.05) is 30.3 Å². The molecule has 20 heavy (non-hydrogen) atoms. The van der Waals surface area contributed by atoms with Gasteiger partial charge in [0.05, 0.1) is 0 Å². The van der Waals surface area contributed by atoms with Gasteiger partial charge in [-0.15, -0.1) is 0 Å². The second kappa shape index (κ2) is 6.40. The molecular weight excluding hydrogens is 250 g/mol. The predicted octanol–water partition coefficient (Wildman–Crippen LogP) is 2.69. The van der Waals surface area contributed by atoms with Gasteiger partial charge < -0.3 is 10.1 Å². The minimum Gasteiger partial charge on any atom is -0.368 e. The summed E-state index contributed by atoms with van der Waals surface area (Å²) in [5.41, 5.74) is 1.41. The Balaban J connectivity index is 1.46. The van der Waals surface area contributed by atoms with Crippen molar-refractivity contribution in [2.45, 2.75) is 50.7 Å². The van der Waals surface area contributed by atoms with E-state index in [1.165, 1.54) is 12.0 Å². The molecule has 0 spiro atoms. The van der Waals surface area contributed by atoms with Crippen LogP contribution in [0.1, 0.15) is 37.7 Å². The summed E-state index contributed by atoms with van der Waals surface area (Å²) in [6.07, 6.45) is 6.26. The quantitative estimate of drug-likeness (QED) is 0.916. The fraction of sp³-hybridized carbons (Fsp3) is 0.588. The summed E-state index contributed by atoms with van der Waals surface area (Å²) < 4.78 is 5.44. The van der Waals surface area contributed by atoms with Crippen LogP contribution < -0.4 is 5.32 Å². The number of carbonyl (C=O) groups excluding carboxylic acids is 1. The minimum absolute atomic E-state index is 0.105. The van der Waals surface area contributed by atoms with Crippen molar-refractivity contribution in [3.8, 4) is 0 Å². The molecule has 2 aliphatic rings. The molecule has 1 aromatic carbocycles. The Morgan fingerprint density at radius 2 is 2.05 bits per heavy atom. The highest BCUT2D eigenvalue weighted by Crippen LogP contribution is 2.29. The lowest BCUT2D eigenvalue weighted by Gasteiger charge is -2.16.